The van der Waals surface area contributed by atoms with E-state index in [1.54, 1.807) is 0 Å². The van der Waals surface area contributed by atoms with Gasteiger partial charge in [0.05, 0.1) is 0 Å². The number of aliphatic hydroxyl groups excluding tert-OH is 1. The average Bonchev–Trinajstić information content (AvgIpc) is 2.27. The van der Waals surface area contributed by atoms with Gasteiger partial charge in [0, 0.05) is 12.6 Å². The molecule has 2 N–H and O–H groups in total. The molecule has 0 aliphatic carbocycles. The molecule has 0 spiro atoms. The highest BCUT2D eigenvalue weighted by atomic mass is 16.3. The summed E-state index contributed by atoms with van der Waals surface area (Å²) in [6, 6.07) is 0.524. The van der Waals surface area contributed by atoms with Gasteiger partial charge in [0.15, 0.2) is 0 Å². The van der Waals surface area contributed by atoms with Gasteiger partial charge >= 0.3 is 0 Å². The lowest BCUT2D eigenvalue weighted by Crippen LogP contribution is -2.34. The zero-order valence-corrected chi connectivity index (χ0v) is 10.8. The fraction of sp³-hybridized carbons (Fsp3) is 1.00. The summed E-state index contributed by atoms with van der Waals surface area (Å²) >= 11 is 0. The van der Waals surface area contributed by atoms with Gasteiger partial charge in [0.2, 0.25) is 0 Å². The molecule has 92 valence electrons. The number of hydrogen-bond donors (Lipinski definition) is 2. The molecule has 0 amide bonds. The van der Waals surface area contributed by atoms with E-state index in [1.807, 2.05) is 0 Å². The largest absolute Gasteiger partial charge is 0.396 e. The number of nitrogens with one attached hydrogen (secondary N) is 1. The predicted octanol–water partition coefficient (Wildman–Crippen LogP) is 2.95. The molecule has 0 fully saturated rings. The molecule has 2 nitrogen and oxygen atoms in total. The van der Waals surface area contributed by atoms with E-state index in [9.17, 15) is 0 Å². The molecule has 1 atom stereocenters. The Bertz CT molecular complexity index is 124. The second-order valence-electron chi connectivity index (χ2n) is 4.44. The zero-order valence-electron chi connectivity index (χ0n) is 10.8. The van der Waals surface area contributed by atoms with Crippen LogP contribution in [-0.2, 0) is 0 Å². The van der Waals surface area contributed by atoms with Crippen molar-refractivity contribution in [1.29, 1.82) is 0 Å². The highest BCUT2D eigenvalue weighted by Gasteiger charge is 2.09. The normalized spacial score (nSPS) is 13.4. The SMILES string of the molecule is CCCCC(CCO)NCC(CC)CC. The zero-order chi connectivity index (χ0) is 11.5. The third-order valence-corrected chi connectivity index (χ3v) is 3.23. The highest BCUT2D eigenvalue weighted by molar-refractivity contribution is 4.69. The summed E-state index contributed by atoms with van der Waals surface area (Å²) in [5.74, 6) is 0.799. The smallest absolute Gasteiger partial charge is 0.0445 e. The molecule has 0 bridgehead atoms. The molecule has 0 aromatic carbocycles. The topological polar surface area (TPSA) is 32.3 Å². The maximum atomic E-state index is 8.98. The van der Waals surface area contributed by atoms with Crippen molar-refractivity contribution in [2.75, 3.05) is 13.2 Å². The van der Waals surface area contributed by atoms with E-state index >= 15 is 0 Å². The minimum absolute atomic E-state index is 0.310. The highest BCUT2D eigenvalue weighted by Crippen LogP contribution is 2.09. The average molecular weight is 215 g/mol. The second-order valence-corrected chi connectivity index (χ2v) is 4.44. The van der Waals surface area contributed by atoms with Crippen molar-refractivity contribution in [2.45, 2.75) is 65.3 Å². The summed E-state index contributed by atoms with van der Waals surface area (Å²) < 4.78 is 0. The van der Waals surface area contributed by atoms with Crippen molar-refractivity contribution in [2.24, 2.45) is 5.92 Å². The van der Waals surface area contributed by atoms with Crippen LogP contribution in [-0.4, -0.2) is 24.3 Å². The first kappa shape index (κ1) is 14.9. The monoisotopic (exact) mass is 215 g/mol. The van der Waals surface area contributed by atoms with E-state index in [4.69, 9.17) is 5.11 Å². The van der Waals surface area contributed by atoms with Gasteiger partial charge in [-0.3, -0.25) is 0 Å². The summed E-state index contributed by atoms with van der Waals surface area (Å²) in [7, 11) is 0. The molecule has 0 aliphatic rings. The van der Waals surface area contributed by atoms with E-state index in [-0.39, 0.29) is 0 Å². The Hall–Kier alpha value is -0.0800. The maximum absolute atomic E-state index is 8.98. The molecule has 1 unspecified atom stereocenters. The molecular weight excluding hydrogens is 186 g/mol. The van der Waals surface area contributed by atoms with Crippen LogP contribution < -0.4 is 5.32 Å². The second kappa shape index (κ2) is 10.4. The molecule has 0 saturated carbocycles. The molecule has 0 aromatic rings. The summed E-state index contributed by atoms with van der Waals surface area (Å²) in [6.45, 7) is 8.15. The van der Waals surface area contributed by atoms with Crippen LogP contribution in [0.3, 0.4) is 0 Å². The van der Waals surface area contributed by atoms with Crippen LogP contribution in [0.1, 0.15) is 59.3 Å². The van der Waals surface area contributed by atoms with Crippen molar-refractivity contribution in [3.05, 3.63) is 0 Å². The van der Waals surface area contributed by atoms with Gasteiger partial charge in [-0.1, -0.05) is 46.5 Å². The molecule has 0 aromatic heterocycles. The third-order valence-electron chi connectivity index (χ3n) is 3.23. The minimum atomic E-state index is 0.310. The fourth-order valence-corrected chi connectivity index (χ4v) is 1.87. The first-order valence-electron chi connectivity index (χ1n) is 6.62. The summed E-state index contributed by atoms with van der Waals surface area (Å²) in [4.78, 5) is 0. The lowest BCUT2D eigenvalue weighted by atomic mass is 10.0. The molecule has 0 heterocycles. The van der Waals surface area contributed by atoms with Crippen LogP contribution >= 0.6 is 0 Å². The van der Waals surface area contributed by atoms with E-state index in [2.05, 4.69) is 26.1 Å². The van der Waals surface area contributed by atoms with Gasteiger partial charge in [0.25, 0.3) is 0 Å². The summed E-state index contributed by atoms with van der Waals surface area (Å²) in [6.07, 6.45) is 7.12. The molecule has 0 saturated heterocycles. The van der Waals surface area contributed by atoms with Gasteiger partial charge in [-0.05, 0) is 25.3 Å². The van der Waals surface area contributed by atoms with Crippen molar-refractivity contribution < 1.29 is 5.11 Å². The van der Waals surface area contributed by atoms with Crippen LogP contribution in [0, 0.1) is 5.92 Å². The molecule has 15 heavy (non-hydrogen) atoms. The van der Waals surface area contributed by atoms with Crippen LogP contribution in [0.5, 0.6) is 0 Å². The Balaban J connectivity index is 3.72. The number of aliphatic hydroxyl groups is 1. The standard InChI is InChI=1S/C13H29NO/c1-4-7-8-13(9-10-15)14-11-12(5-2)6-3/h12-15H,4-11H2,1-3H3. The summed E-state index contributed by atoms with van der Waals surface area (Å²) in [5.41, 5.74) is 0. The van der Waals surface area contributed by atoms with Gasteiger partial charge in [-0.15, -0.1) is 0 Å². The Morgan fingerprint density at radius 1 is 1.07 bits per heavy atom. The third kappa shape index (κ3) is 7.80. The first-order valence-corrected chi connectivity index (χ1v) is 6.62. The maximum Gasteiger partial charge on any atom is 0.0445 e. The predicted molar refractivity (Wildman–Crippen MR) is 67.1 cm³/mol. The molecule has 0 aliphatic heterocycles. The lowest BCUT2D eigenvalue weighted by Gasteiger charge is -2.21. The fourth-order valence-electron chi connectivity index (χ4n) is 1.87. The van der Waals surface area contributed by atoms with Crippen LogP contribution in [0.4, 0.5) is 0 Å². The van der Waals surface area contributed by atoms with Crippen LogP contribution in [0.2, 0.25) is 0 Å². The van der Waals surface area contributed by atoms with Crippen LogP contribution in [0.25, 0.3) is 0 Å². The van der Waals surface area contributed by atoms with Gasteiger partial charge in [0.1, 0.15) is 0 Å². The van der Waals surface area contributed by atoms with Gasteiger partial charge < -0.3 is 10.4 Å². The van der Waals surface area contributed by atoms with Gasteiger partial charge in [-0.25, -0.2) is 0 Å². The molecule has 0 rings (SSSR count). The van der Waals surface area contributed by atoms with Crippen LogP contribution in [0.15, 0.2) is 0 Å². The van der Waals surface area contributed by atoms with Crippen molar-refractivity contribution in [3.8, 4) is 0 Å². The Morgan fingerprint density at radius 2 is 1.73 bits per heavy atom. The number of unbranched alkanes of at least 4 members (excludes halogenated alkanes) is 1. The van der Waals surface area contributed by atoms with Crippen molar-refractivity contribution in [1.82, 2.24) is 5.32 Å². The quantitative estimate of drug-likeness (QED) is 0.587. The number of hydrogen-bond acceptors (Lipinski definition) is 2. The number of rotatable bonds is 10. The van der Waals surface area contributed by atoms with E-state index in [0.717, 1.165) is 18.9 Å². The van der Waals surface area contributed by atoms with E-state index in [1.165, 1.54) is 32.1 Å². The van der Waals surface area contributed by atoms with Crippen molar-refractivity contribution in [3.63, 3.8) is 0 Å². The minimum Gasteiger partial charge on any atom is -0.396 e. The summed E-state index contributed by atoms with van der Waals surface area (Å²) in [5, 5.41) is 12.6. The van der Waals surface area contributed by atoms with E-state index in [0.29, 0.717) is 12.6 Å². The molecular formula is C13H29NO. The van der Waals surface area contributed by atoms with Crippen molar-refractivity contribution >= 4 is 0 Å². The Morgan fingerprint density at radius 3 is 2.20 bits per heavy atom. The lowest BCUT2D eigenvalue weighted by molar-refractivity contribution is 0.254. The molecule has 0 radical (unpaired) electrons. The molecule has 2 heteroatoms. The van der Waals surface area contributed by atoms with Gasteiger partial charge in [-0.2, -0.15) is 0 Å². The van der Waals surface area contributed by atoms with E-state index < -0.39 is 0 Å². The Kier molecular flexibility index (Phi) is 10.4. The Labute approximate surface area is 95.5 Å². The first-order chi connectivity index (χ1) is 7.28.